The zero-order valence-corrected chi connectivity index (χ0v) is 25.4. The van der Waals surface area contributed by atoms with Gasteiger partial charge in [0.1, 0.15) is 12.2 Å². The molecule has 1 aliphatic heterocycles. The van der Waals surface area contributed by atoms with Crippen molar-refractivity contribution in [1.29, 1.82) is 0 Å². The van der Waals surface area contributed by atoms with Crippen LogP contribution in [0.4, 0.5) is 14.6 Å². The van der Waals surface area contributed by atoms with Gasteiger partial charge in [-0.25, -0.2) is 27.7 Å². The highest BCUT2D eigenvalue weighted by Crippen LogP contribution is 2.49. The van der Waals surface area contributed by atoms with E-state index in [1.807, 2.05) is 6.92 Å². The molecule has 2 aliphatic carbocycles. The number of thioether (sulfide) groups is 1. The smallest absolute Gasteiger partial charge is 0.305 e. The molecule has 1 aromatic carbocycles. The summed E-state index contributed by atoms with van der Waals surface area (Å²) in [5, 5.41) is 19.8. The predicted molar refractivity (Wildman–Crippen MR) is 150 cm³/mol. The Labute approximate surface area is 246 Å². The van der Waals surface area contributed by atoms with Crippen molar-refractivity contribution < 1.29 is 31.8 Å². The van der Waals surface area contributed by atoms with E-state index in [4.69, 9.17) is 14.5 Å². The van der Waals surface area contributed by atoms with E-state index in [2.05, 4.69) is 15.3 Å². The van der Waals surface area contributed by atoms with E-state index in [9.17, 15) is 22.3 Å². The molecule has 3 aliphatic rings. The van der Waals surface area contributed by atoms with E-state index in [0.29, 0.717) is 28.5 Å². The number of ether oxygens (including phenoxy) is 2. The van der Waals surface area contributed by atoms with Crippen molar-refractivity contribution in [1.82, 2.24) is 29.3 Å². The molecule has 0 radical (unpaired) electrons. The van der Waals surface area contributed by atoms with Crippen LogP contribution in [0.1, 0.15) is 57.6 Å². The van der Waals surface area contributed by atoms with Gasteiger partial charge >= 0.3 is 10.2 Å². The monoisotopic (exact) mass is 625 g/mol. The second kappa shape index (κ2) is 10.6. The van der Waals surface area contributed by atoms with Gasteiger partial charge < -0.3 is 14.6 Å². The maximum absolute atomic E-state index is 14.1. The number of fused-ring (bicyclic) bond motifs is 2. The molecular formula is C26H33F2N7O5S2. The van der Waals surface area contributed by atoms with E-state index in [1.54, 1.807) is 18.5 Å². The molecule has 0 spiro atoms. The minimum absolute atomic E-state index is 0.0488. The van der Waals surface area contributed by atoms with Gasteiger partial charge in [0.05, 0.1) is 18.2 Å². The fourth-order valence-corrected chi connectivity index (χ4v) is 7.72. The largest absolute Gasteiger partial charge is 0.390 e. The summed E-state index contributed by atoms with van der Waals surface area (Å²) in [6.07, 6.45) is -0.403. The molecule has 0 unspecified atom stereocenters. The molecule has 1 N–H and O–H groups in total. The average molecular weight is 626 g/mol. The number of hydrogen-bond donors (Lipinski definition) is 1. The summed E-state index contributed by atoms with van der Waals surface area (Å²) in [6.45, 7) is 5.56. The molecule has 16 heteroatoms. The highest BCUT2D eigenvalue weighted by atomic mass is 32.2. The Morgan fingerprint density at radius 1 is 1.14 bits per heavy atom. The molecule has 3 aromatic rings. The minimum Gasteiger partial charge on any atom is -0.390 e. The molecule has 6 atom stereocenters. The van der Waals surface area contributed by atoms with Crippen molar-refractivity contribution in [3.8, 4) is 0 Å². The van der Waals surface area contributed by atoms with E-state index in [1.165, 1.54) is 36.2 Å². The van der Waals surface area contributed by atoms with Crippen LogP contribution in [-0.4, -0.2) is 92.8 Å². The third-order valence-electron chi connectivity index (χ3n) is 7.79. The third kappa shape index (κ3) is 5.05. The maximum Gasteiger partial charge on any atom is 0.305 e. The fourth-order valence-electron chi connectivity index (χ4n) is 5.75. The normalized spacial score (nSPS) is 28.5. The first-order valence-electron chi connectivity index (χ1n) is 13.8. The molecule has 1 saturated heterocycles. The fraction of sp³-hybridized carbons (Fsp3) is 0.615. The summed E-state index contributed by atoms with van der Waals surface area (Å²) in [5.74, 6) is -2.52. The van der Waals surface area contributed by atoms with Crippen molar-refractivity contribution >= 4 is 39.0 Å². The van der Waals surface area contributed by atoms with Gasteiger partial charge in [-0.2, -0.15) is 12.7 Å². The molecule has 0 amide bonds. The number of anilines is 1. The first kappa shape index (κ1) is 29.6. The molecule has 42 heavy (non-hydrogen) atoms. The van der Waals surface area contributed by atoms with Crippen LogP contribution in [0.5, 0.6) is 0 Å². The van der Waals surface area contributed by atoms with Crippen LogP contribution in [0.2, 0.25) is 0 Å². The van der Waals surface area contributed by atoms with Gasteiger partial charge in [0.15, 0.2) is 39.6 Å². The Morgan fingerprint density at radius 2 is 1.88 bits per heavy atom. The van der Waals surface area contributed by atoms with Gasteiger partial charge in [0.25, 0.3) is 0 Å². The number of benzene rings is 1. The second-order valence-corrected chi connectivity index (χ2v) is 14.6. The first-order valence-corrected chi connectivity index (χ1v) is 16.2. The second-order valence-electron chi connectivity index (χ2n) is 11.5. The standard InChI is InChI=1S/C26H33F2N7O5S2/c1-6-9-41-25-29-23-20(31-32-34(23)18-12-19(36)22-21(18)39-26(2,3)40-22)24(30-25)35(42(37,38)33(4)5)17-11-14(17)13-7-8-15(27)16(28)10-13/h7-8,10,14,17-19,21-22,36H,6,9,11-12H2,1-5H3/t14-,17+,18+,19-,21-,22+/m0/s1. The molecule has 12 nitrogen and oxygen atoms in total. The molecule has 6 rings (SSSR count). The number of hydrogen-bond acceptors (Lipinski definition) is 10. The molecule has 0 bridgehead atoms. The molecule has 2 saturated carbocycles. The van der Waals surface area contributed by atoms with Crippen LogP contribution in [0.3, 0.4) is 0 Å². The van der Waals surface area contributed by atoms with Gasteiger partial charge in [-0.3, -0.25) is 0 Å². The quantitative estimate of drug-likeness (QED) is 0.279. The highest BCUT2D eigenvalue weighted by molar-refractivity contribution is 7.99. The van der Waals surface area contributed by atoms with Crippen molar-refractivity contribution in [2.24, 2.45) is 0 Å². The van der Waals surface area contributed by atoms with Crippen molar-refractivity contribution in [2.75, 3.05) is 24.2 Å². The van der Waals surface area contributed by atoms with E-state index >= 15 is 0 Å². The van der Waals surface area contributed by atoms with Gasteiger partial charge in [-0.05, 0) is 44.4 Å². The van der Waals surface area contributed by atoms with Crippen molar-refractivity contribution in [3.63, 3.8) is 0 Å². The van der Waals surface area contributed by atoms with Crippen LogP contribution < -0.4 is 4.31 Å². The molecule has 228 valence electrons. The lowest BCUT2D eigenvalue weighted by Gasteiger charge is -2.27. The van der Waals surface area contributed by atoms with Crippen molar-refractivity contribution in [3.05, 3.63) is 35.4 Å². The number of aliphatic hydroxyl groups is 1. The molecule has 3 heterocycles. The Balaban J connectivity index is 1.47. The predicted octanol–water partition coefficient (Wildman–Crippen LogP) is 3.00. The average Bonchev–Trinajstić information content (AvgIpc) is 3.32. The van der Waals surface area contributed by atoms with E-state index < -0.39 is 63.9 Å². The van der Waals surface area contributed by atoms with Crippen LogP contribution in [0.25, 0.3) is 11.2 Å². The van der Waals surface area contributed by atoms with E-state index in [0.717, 1.165) is 22.9 Å². The molecular weight excluding hydrogens is 592 g/mol. The number of rotatable bonds is 9. The molecule has 2 aromatic heterocycles. The first-order chi connectivity index (χ1) is 19.8. The lowest BCUT2D eigenvalue weighted by molar-refractivity contribution is -0.165. The summed E-state index contributed by atoms with van der Waals surface area (Å²) in [7, 11) is -1.30. The Kier molecular flexibility index (Phi) is 7.46. The summed E-state index contributed by atoms with van der Waals surface area (Å²) in [5.41, 5.74) is 0.946. The van der Waals surface area contributed by atoms with Gasteiger partial charge in [-0.1, -0.05) is 30.0 Å². The number of halogens is 2. The van der Waals surface area contributed by atoms with Crippen LogP contribution in [0.15, 0.2) is 23.4 Å². The topological polar surface area (TPSA) is 136 Å². The third-order valence-corrected chi connectivity index (χ3v) is 10.7. The summed E-state index contributed by atoms with van der Waals surface area (Å²) < 4.78 is 71.3. The van der Waals surface area contributed by atoms with Crippen LogP contribution >= 0.6 is 11.8 Å². The zero-order chi connectivity index (χ0) is 30.1. The highest BCUT2D eigenvalue weighted by Gasteiger charge is 2.55. The summed E-state index contributed by atoms with van der Waals surface area (Å²) in [4.78, 5) is 9.40. The number of aromatic nitrogens is 5. The van der Waals surface area contributed by atoms with Crippen LogP contribution in [-0.2, 0) is 19.7 Å². The Morgan fingerprint density at radius 3 is 2.57 bits per heavy atom. The van der Waals surface area contributed by atoms with Gasteiger partial charge in [0.2, 0.25) is 0 Å². The Bertz CT molecular complexity index is 1620. The van der Waals surface area contributed by atoms with Crippen molar-refractivity contribution in [2.45, 2.75) is 87.3 Å². The number of aliphatic hydroxyl groups excluding tert-OH is 1. The lowest BCUT2D eigenvalue weighted by atomic mass is 10.1. The Hall–Kier alpha value is -2.50. The maximum atomic E-state index is 14.1. The lowest BCUT2D eigenvalue weighted by Crippen LogP contribution is -2.43. The van der Waals surface area contributed by atoms with Gasteiger partial charge in [0, 0.05) is 32.2 Å². The number of nitrogens with zero attached hydrogens (tertiary/aromatic N) is 7. The minimum atomic E-state index is -4.13. The van der Waals surface area contributed by atoms with Gasteiger partial charge in [-0.15, -0.1) is 5.10 Å². The zero-order valence-electron chi connectivity index (χ0n) is 23.8. The van der Waals surface area contributed by atoms with E-state index in [-0.39, 0.29) is 17.8 Å². The summed E-state index contributed by atoms with van der Waals surface area (Å²) >= 11 is 1.37. The SMILES string of the molecule is CCCSc1nc(N([C@@H]2C[C@H]2c2ccc(F)c(F)c2)S(=O)(=O)N(C)C)c2nnn([C@@H]3C[C@H](O)[C@H]4OC(C)(C)O[C@H]43)c2n1. The van der Waals surface area contributed by atoms with Crippen LogP contribution in [0, 0.1) is 11.6 Å². The summed E-state index contributed by atoms with van der Waals surface area (Å²) in [6, 6.07) is 2.50. The molecule has 3 fully saturated rings.